The summed E-state index contributed by atoms with van der Waals surface area (Å²) in [4.78, 5) is 29.5. The average Bonchev–Trinajstić information content (AvgIpc) is 2.94. The Balaban J connectivity index is 1.34. The van der Waals surface area contributed by atoms with Gasteiger partial charge in [0.1, 0.15) is 12.4 Å². The summed E-state index contributed by atoms with van der Waals surface area (Å²) in [5.74, 6) is -0.932. The summed E-state index contributed by atoms with van der Waals surface area (Å²) in [6.45, 7) is 0.368. The number of fused-ring (bicyclic) bond motifs is 1. The number of pyridine rings is 1. The van der Waals surface area contributed by atoms with Crippen molar-refractivity contribution in [1.29, 1.82) is 0 Å². The first-order chi connectivity index (χ1) is 18.0. The highest BCUT2D eigenvalue weighted by molar-refractivity contribution is 5.89. The van der Waals surface area contributed by atoms with Crippen LogP contribution in [0.25, 0.3) is 22.2 Å². The summed E-state index contributed by atoms with van der Waals surface area (Å²) >= 11 is 0. The number of nitrogens with zero attached hydrogens (tertiary/aromatic N) is 1. The van der Waals surface area contributed by atoms with Gasteiger partial charge in [-0.3, -0.25) is 14.8 Å². The number of para-hydroxylation sites is 1. The summed E-state index contributed by atoms with van der Waals surface area (Å²) in [7, 11) is 1.32. The molecule has 7 nitrogen and oxygen atoms in total. The molecule has 5 rings (SSSR count). The van der Waals surface area contributed by atoms with Crippen molar-refractivity contribution >= 4 is 22.8 Å². The van der Waals surface area contributed by atoms with Gasteiger partial charge in [-0.15, -0.1) is 0 Å². The minimum absolute atomic E-state index is 0.341. The van der Waals surface area contributed by atoms with Gasteiger partial charge in [-0.05, 0) is 49.1 Å². The zero-order chi connectivity index (χ0) is 25.8. The quantitative estimate of drug-likeness (QED) is 0.200. The van der Waals surface area contributed by atoms with Crippen LogP contribution in [0.3, 0.4) is 0 Å². The molecule has 0 radical (unpaired) electrons. The van der Waals surface area contributed by atoms with Gasteiger partial charge in [0.15, 0.2) is 0 Å². The molecule has 1 aliphatic carbocycles. The van der Waals surface area contributed by atoms with Gasteiger partial charge >= 0.3 is 5.97 Å². The molecule has 7 heteroatoms. The number of aromatic nitrogens is 1. The summed E-state index contributed by atoms with van der Waals surface area (Å²) < 4.78 is 11.2. The Morgan fingerprint density at radius 3 is 2.43 bits per heavy atom. The number of hydroxylamine groups is 1. The van der Waals surface area contributed by atoms with E-state index in [1.807, 2.05) is 78.9 Å². The van der Waals surface area contributed by atoms with E-state index in [-0.39, 0.29) is 0 Å². The topological polar surface area (TPSA) is 97.8 Å². The van der Waals surface area contributed by atoms with Crippen LogP contribution in [-0.4, -0.2) is 29.2 Å². The number of carbonyl (C=O) groups is 2. The number of ether oxygens (including phenoxy) is 2. The van der Waals surface area contributed by atoms with Gasteiger partial charge in [-0.2, -0.15) is 0 Å². The third-order valence-corrected chi connectivity index (χ3v) is 7.27. The third-order valence-electron chi connectivity index (χ3n) is 7.27. The molecule has 1 heterocycles. The lowest BCUT2D eigenvalue weighted by atomic mass is 9.57. The Labute approximate surface area is 215 Å². The van der Waals surface area contributed by atoms with Crippen molar-refractivity contribution in [3.05, 3.63) is 96.1 Å². The minimum Gasteiger partial charge on any atom is -0.489 e. The average molecular weight is 497 g/mol. The largest absolute Gasteiger partial charge is 0.489 e. The van der Waals surface area contributed by atoms with Crippen molar-refractivity contribution in [2.45, 2.75) is 25.9 Å². The van der Waals surface area contributed by atoms with E-state index in [0.717, 1.165) is 33.3 Å². The van der Waals surface area contributed by atoms with E-state index >= 15 is 0 Å². The third kappa shape index (κ3) is 4.78. The van der Waals surface area contributed by atoms with E-state index in [0.29, 0.717) is 31.6 Å². The van der Waals surface area contributed by atoms with Gasteiger partial charge in [0, 0.05) is 16.5 Å². The van der Waals surface area contributed by atoms with E-state index in [4.69, 9.17) is 19.7 Å². The summed E-state index contributed by atoms with van der Waals surface area (Å²) in [5, 5.41) is 10.1. The van der Waals surface area contributed by atoms with Crippen molar-refractivity contribution in [2.75, 3.05) is 7.11 Å². The maximum Gasteiger partial charge on any atom is 0.312 e. The van der Waals surface area contributed by atoms with E-state index in [1.165, 1.54) is 7.11 Å². The smallest absolute Gasteiger partial charge is 0.312 e. The first-order valence-corrected chi connectivity index (χ1v) is 12.2. The highest BCUT2D eigenvalue weighted by Crippen LogP contribution is 2.50. The zero-order valence-corrected chi connectivity index (χ0v) is 20.5. The number of hydrogen-bond donors (Lipinski definition) is 2. The maximum atomic E-state index is 12.6. The predicted molar refractivity (Wildman–Crippen MR) is 139 cm³/mol. The normalized spacial score (nSPS) is 18.6. The van der Waals surface area contributed by atoms with Crippen LogP contribution in [0, 0.1) is 11.3 Å². The zero-order valence-electron chi connectivity index (χ0n) is 20.5. The molecule has 1 saturated carbocycles. The summed E-state index contributed by atoms with van der Waals surface area (Å²) in [6, 6.07) is 27.7. The summed E-state index contributed by atoms with van der Waals surface area (Å²) in [5.41, 5.74) is 5.47. The van der Waals surface area contributed by atoms with Crippen LogP contribution >= 0.6 is 0 Å². The van der Waals surface area contributed by atoms with Gasteiger partial charge in [0.05, 0.1) is 29.7 Å². The highest BCUT2D eigenvalue weighted by atomic mass is 16.5. The SMILES string of the molecule is COC(=O)[C@@]1(Cc2ccc(OCc3cc(-c4ccccc4)nc4ccccc34)cc2)CC[C@@H]1C(=O)NO. The fraction of sp³-hybridized carbons (Fsp3) is 0.233. The lowest BCUT2D eigenvalue weighted by Crippen LogP contribution is -2.54. The molecule has 1 aliphatic rings. The Bertz CT molecular complexity index is 1420. The monoisotopic (exact) mass is 496 g/mol. The second kappa shape index (κ2) is 10.4. The van der Waals surface area contributed by atoms with Crippen LogP contribution in [0.5, 0.6) is 5.75 Å². The van der Waals surface area contributed by atoms with Crippen LogP contribution in [0.4, 0.5) is 0 Å². The van der Waals surface area contributed by atoms with Crippen LogP contribution in [0.15, 0.2) is 84.9 Å². The molecule has 37 heavy (non-hydrogen) atoms. The Morgan fingerprint density at radius 1 is 1.03 bits per heavy atom. The molecular formula is C30H28N2O5. The molecule has 2 N–H and O–H groups in total. The highest BCUT2D eigenvalue weighted by Gasteiger charge is 2.56. The molecule has 3 aromatic carbocycles. The number of methoxy groups -OCH3 is 1. The molecule has 188 valence electrons. The number of esters is 1. The van der Waals surface area contributed by atoms with Gasteiger partial charge < -0.3 is 9.47 Å². The van der Waals surface area contributed by atoms with Crippen molar-refractivity contribution in [3.63, 3.8) is 0 Å². The fourth-order valence-electron chi connectivity index (χ4n) is 5.18. The molecule has 0 saturated heterocycles. The van der Waals surface area contributed by atoms with Gasteiger partial charge in [-0.25, -0.2) is 10.5 Å². The van der Waals surface area contributed by atoms with Crippen LogP contribution in [0.1, 0.15) is 24.0 Å². The van der Waals surface area contributed by atoms with Crippen LogP contribution < -0.4 is 10.2 Å². The summed E-state index contributed by atoms with van der Waals surface area (Å²) in [6.07, 6.45) is 1.38. The molecule has 1 fully saturated rings. The first kappa shape index (κ1) is 24.5. The Morgan fingerprint density at radius 2 is 1.76 bits per heavy atom. The fourth-order valence-corrected chi connectivity index (χ4v) is 5.18. The molecule has 0 spiro atoms. The van der Waals surface area contributed by atoms with Crippen molar-refractivity contribution < 1.29 is 24.3 Å². The van der Waals surface area contributed by atoms with E-state index < -0.39 is 23.2 Å². The molecule has 4 aromatic rings. The van der Waals surface area contributed by atoms with E-state index in [2.05, 4.69) is 6.07 Å². The van der Waals surface area contributed by atoms with Gasteiger partial charge in [0.2, 0.25) is 5.91 Å². The Kier molecular flexibility index (Phi) is 6.88. The van der Waals surface area contributed by atoms with Crippen LogP contribution in [0.2, 0.25) is 0 Å². The maximum absolute atomic E-state index is 12.6. The number of hydrogen-bond acceptors (Lipinski definition) is 6. The first-order valence-electron chi connectivity index (χ1n) is 12.2. The number of nitrogens with one attached hydrogen (secondary N) is 1. The van der Waals surface area contributed by atoms with Crippen molar-refractivity contribution in [3.8, 4) is 17.0 Å². The second-order valence-electron chi connectivity index (χ2n) is 9.37. The van der Waals surface area contributed by atoms with Gasteiger partial charge in [0.25, 0.3) is 0 Å². The number of rotatable bonds is 8. The van der Waals surface area contributed by atoms with Crippen molar-refractivity contribution in [2.24, 2.45) is 11.3 Å². The standard InChI is InChI=1S/C30H28N2O5/c1-36-29(34)30(16-15-25(30)28(33)32-35)18-20-11-13-23(14-12-20)37-19-22-17-27(21-7-3-2-4-8-21)31-26-10-6-5-9-24(22)26/h2-14,17,25,35H,15-16,18-19H2,1H3,(H,32,33)/t25-,30-/m1/s1. The molecule has 2 atom stereocenters. The van der Waals surface area contributed by atoms with Gasteiger partial charge in [-0.1, -0.05) is 60.7 Å². The molecule has 1 amide bonds. The molecule has 1 aromatic heterocycles. The molecule has 0 bridgehead atoms. The molecule has 0 aliphatic heterocycles. The molecule has 0 unspecified atom stereocenters. The lowest BCUT2D eigenvalue weighted by Gasteiger charge is -2.45. The van der Waals surface area contributed by atoms with Crippen molar-refractivity contribution in [1.82, 2.24) is 10.5 Å². The number of benzene rings is 3. The van der Waals surface area contributed by atoms with E-state index in [1.54, 1.807) is 5.48 Å². The minimum atomic E-state index is -0.978. The lowest BCUT2D eigenvalue weighted by molar-refractivity contribution is -0.172. The number of amides is 1. The second-order valence-corrected chi connectivity index (χ2v) is 9.37. The predicted octanol–water partition coefficient (Wildman–Crippen LogP) is 5.10. The molecular weight excluding hydrogens is 468 g/mol. The van der Waals surface area contributed by atoms with Crippen LogP contribution in [-0.2, 0) is 27.4 Å². The number of carbonyl (C=O) groups excluding carboxylic acids is 2. The Hall–Kier alpha value is -4.23. The van der Waals surface area contributed by atoms with E-state index in [9.17, 15) is 9.59 Å².